The molecular weight excluding hydrogens is 282 g/mol. The molecule has 0 bridgehead atoms. The third-order valence-electron chi connectivity index (χ3n) is 4.23. The van der Waals surface area contributed by atoms with Gasteiger partial charge in [-0.05, 0) is 24.6 Å². The van der Waals surface area contributed by atoms with Crippen LogP contribution in [0.2, 0.25) is 0 Å². The lowest BCUT2D eigenvalue weighted by atomic mass is 10.1. The predicted octanol–water partition coefficient (Wildman–Crippen LogP) is 1.81. The number of carbonyl (C=O) groups excluding carboxylic acids is 1. The molecule has 1 amide bonds. The fourth-order valence-electron chi connectivity index (χ4n) is 3.11. The van der Waals surface area contributed by atoms with Crippen molar-refractivity contribution in [3.8, 4) is 11.5 Å². The van der Waals surface area contributed by atoms with Gasteiger partial charge >= 0.3 is 0 Å². The Bertz CT molecular complexity index is 684. The van der Waals surface area contributed by atoms with Crippen molar-refractivity contribution in [3.05, 3.63) is 41.7 Å². The molecule has 0 spiro atoms. The van der Waals surface area contributed by atoms with Crippen LogP contribution in [0.15, 0.2) is 30.5 Å². The number of nitrogens with one attached hydrogen (secondary N) is 1. The molecule has 0 radical (unpaired) electrons. The minimum absolute atomic E-state index is 0.00404. The molecule has 1 aromatic carbocycles. The number of fused-ring (bicyclic) bond motifs is 1. The topological polar surface area (TPSA) is 67.5 Å². The van der Waals surface area contributed by atoms with Gasteiger partial charge in [0, 0.05) is 30.9 Å². The first kappa shape index (κ1) is 13.2. The minimum atomic E-state index is 0.00404. The zero-order valence-corrected chi connectivity index (χ0v) is 12.1. The predicted molar refractivity (Wildman–Crippen MR) is 79.3 cm³/mol. The maximum Gasteiger partial charge on any atom is 0.257 e. The summed E-state index contributed by atoms with van der Waals surface area (Å²) in [6, 6.07) is 7.45. The number of rotatable bonds is 2. The van der Waals surface area contributed by atoms with Crippen LogP contribution >= 0.6 is 0 Å². The van der Waals surface area contributed by atoms with Crippen LogP contribution in [-0.2, 0) is 0 Å². The summed E-state index contributed by atoms with van der Waals surface area (Å²) < 4.78 is 11.2. The summed E-state index contributed by atoms with van der Waals surface area (Å²) in [5.41, 5.74) is 1.67. The lowest BCUT2D eigenvalue weighted by molar-refractivity contribution is 0.0780. The van der Waals surface area contributed by atoms with E-state index in [1.807, 2.05) is 23.1 Å². The van der Waals surface area contributed by atoms with Crippen LogP contribution in [0.5, 0.6) is 11.5 Å². The molecule has 0 saturated carbocycles. The van der Waals surface area contributed by atoms with Crippen LogP contribution in [0.25, 0.3) is 0 Å². The van der Waals surface area contributed by atoms with Gasteiger partial charge in [0.2, 0.25) is 0 Å². The van der Waals surface area contributed by atoms with Crippen LogP contribution in [0.1, 0.15) is 28.4 Å². The monoisotopic (exact) mass is 299 g/mol. The minimum Gasteiger partial charge on any atom is -0.486 e. The first-order valence-electron chi connectivity index (χ1n) is 7.50. The van der Waals surface area contributed by atoms with Gasteiger partial charge < -0.3 is 14.4 Å². The van der Waals surface area contributed by atoms with Crippen molar-refractivity contribution >= 4 is 5.91 Å². The van der Waals surface area contributed by atoms with Gasteiger partial charge in [-0.1, -0.05) is 6.07 Å². The van der Waals surface area contributed by atoms with Gasteiger partial charge in [-0.2, -0.15) is 5.10 Å². The Morgan fingerprint density at radius 1 is 1.27 bits per heavy atom. The zero-order valence-electron chi connectivity index (χ0n) is 12.1. The number of H-pyrrole nitrogens is 1. The summed E-state index contributed by atoms with van der Waals surface area (Å²) in [4.78, 5) is 14.7. The van der Waals surface area contributed by atoms with Crippen molar-refractivity contribution in [2.45, 2.75) is 12.3 Å². The van der Waals surface area contributed by atoms with Crippen LogP contribution in [0.3, 0.4) is 0 Å². The first-order valence-corrected chi connectivity index (χ1v) is 7.50. The van der Waals surface area contributed by atoms with Gasteiger partial charge in [0.1, 0.15) is 13.2 Å². The summed E-state index contributed by atoms with van der Waals surface area (Å²) in [6.45, 7) is 2.45. The van der Waals surface area contributed by atoms with Gasteiger partial charge in [-0.15, -0.1) is 0 Å². The molecule has 1 atom stereocenters. The van der Waals surface area contributed by atoms with Crippen molar-refractivity contribution < 1.29 is 14.3 Å². The number of aromatic nitrogens is 2. The van der Waals surface area contributed by atoms with Gasteiger partial charge in [0.25, 0.3) is 5.91 Å². The van der Waals surface area contributed by atoms with E-state index in [-0.39, 0.29) is 5.91 Å². The van der Waals surface area contributed by atoms with Crippen LogP contribution in [-0.4, -0.2) is 47.3 Å². The van der Waals surface area contributed by atoms with Crippen molar-refractivity contribution in [1.82, 2.24) is 15.1 Å². The van der Waals surface area contributed by atoms with E-state index in [1.165, 1.54) is 0 Å². The molecule has 0 unspecified atom stereocenters. The lowest BCUT2D eigenvalue weighted by Gasteiger charge is -2.23. The van der Waals surface area contributed by atoms with E-state index < -0.39 is 0 Å². The second kappa shape index (κ2) is 5.36. The molecule has 2 aromatic rings. The molecule has 22 heavy (non-hydrogen) atoms. The summed E-state index contributed by atoms with van der Waals surface area (Å²) in [6.07, 6.45) is 2.69. The molecule has 1 N–H and O–H groups in total. The van der Waals surface area contributed by atoms with E-state index in [9.17, 15) is 4.79 Å². The zero-order chi connectivity index (χ0) is 14.9. The number of carbonyl (C=O) groups is 1. The first-order chi connectivity index (χ1) is 10.8. The van der Waals surface area contributed by atoms with Crippen LogP contribution in [0, 0.1) is 0 Å². The standard InChI is InChI=1S/C16H17N3O3/c20-16(12-2-1-3-14-15(12)22-9-8-21-14)19-7-5-11(10-19)13-4-6-17-18-13/h1-4,6,11H,5,7-10H2,(H,17,18)/t11-/m0/s1. The van der Waals surface area contributed by atoms with Gasteiger partial charge in [-0.3, -0.25) is 9.89 Å². The molecule has 1 saturated heterocycles. The largest absolute Gasteiger partial charge is 0.486 e. The molecule has 2 aliphatic heterocycles. The second-order valence-electron chi connectivity index (χ2n) is 5.58. The fourth-order valence-corrected chi connectivity index (χ4v) is 3.11. The Morgan fingerprint density at radius 3 is 3.05 bits per heavy atom. The highest BCUT2D eigenvalue weighted by Gasteiger charge is 2.31. The summed E-state index contributed by atoms with van der Waals surface area (Å²) in [5, 5.41) is 6.98. The smallest absolute Gasteiger partial charge is 0.257 e. The number of para-hydroxylation sites is 1. The molecule has 1 aromatic heterocycles. The SMILES string of the molecule is O=C(c1cccc2c1OCCO2)N1CC[C@H](c2ccn[nH]2)C1. The normalized spacial score (nSPS) is 20.2. The second-order valence-corrected chi connectivity index (χ2v) is 5.58. The number of ether oxygens (including phenoxy) is 2. The lowest BCUT2D eigenvalue weighted by Crippen LogP contribution is -2.29. The van der Waals surface area contributed by atoms with Gasteiger partial charge in [0.05, 0.1) is 5.56 Å². The number of benzene rings is 1. The van der Waals surface area contributed by atoms with Gasteiger partial charge in [0.15, 0.2) is 11.5 Å². The molecular formula is C16H17N3O3. The number of aromatic amines is 1. The maximum absolute atomic E-state index is 12.8. The van der Waals surface area contributed by atoms with Crippen molar-refractivity contribution in [3.63, 3.8) is 0 Å². The highest BCUT2D eigenvalue weighted by atomic mass is 16.6. The quantitative estimate of drug-likeness (QED) is 0.918. The number of hydrogen-bond acceptors (Lipinski definition) is 4. The highest BCUT2D eigenvalue weighted by molar-refractivity contribution is 5.98. The fraction of sp³-hybridized carbons (Fsp3) is 0.375. The van der Waals surface area contributed by atoms with E-state index >= 15 is 0 Å². The van der Waals surface area contributed by atoms with E-state index in [0.717, 1.165) is 18.7 Å². The summed E-state index contributed by atoms with van der Waals surface area (Å²) >= 11 is 0. The molecule has 6 nitrogen and oxygen atoms in total. The summed E-state index contributed by atoms with van der Waals surface area (Å²) in [5.74, 6) is 1.55. The average Bonchev–Trinajstić information content (AvgIpc) is 3.24. The maximum atomic E-state index is 12.8. The number of likely N-dealkylation sites (tertiary alicyclic amines) is 1. The molecule has 6 heteroatoms. The average molecular weight is 299 g/mol. The Hall–Kier alpha value is -2.50. The van der Waals surface area contributed by atoms with E-state index in [1.54, 1.807) is 12.3 Å². The van der Waals surface area contributed by atoms with Crippen molar-refractivity contribution in [2.75, 3.05) is 26.3 Å². The highest BCUT2D eigenvalue weighted by Crippen LogP contribution is 2.35. The van der Waals surface area contributed by atoms with E-state index in [0.29, 0.717) is 42.7 Å². The molecule has 4 rings (SSSR count). The molecule has 0 aliphatic carbocycles. The van der Waals surface area contributed by atoms with E-state index in [2.05, 4.69) is 10.2 Å². The van der Waals surface area contributed by atoms with Gasteiger partial charge in [-0.25, -0.2) is 0 Å². The van der Waals surface area contributed by atoms with Crippen LogP contribution in [0.4, 0.5) is 0 Å². The Morgan fingerprint density at radius 2 is 2.18 bits per heavy atom. The number of amides is 1. The van der Waals surface area contributed by atoms with Crippen molar-refractivity contribution in [1.29, 1.82) is 0 Å². The molecule has 3 heterocycles. The van der Waals surface area contributed by atoms with Crippen LogP contribution < -0.4 is 9.47 Å². The molecule has 1 fully saturated rings. The molecule has 114 valence electrons. The number of nitrogens with zero attached hydrogens (tertiary/aromatic N) is 2. The Labute approximate surface area is 128 Å². The third-order valence-corrected chi connectivity index (χ3v) is 4.23. The number of hydrogen-bond donors (Lipinski definition) is 1. The third kappa shape index (κ3) is 2.20. The summed E-state index contributed by atoms with van der Waals surface area (Å²) in [7, 11) is 0. The Kier molecular flexibility index (Phi) is 3.21. The van der Waals surface area contributed by atoms with Crippen molar-refractivity contribution in [2.24, 2.45) is 0 Å². The molecule has 2 aliphatic rings. The Balaban J connectivity index is 1.56. The van der Waals surface area contributed by atoms with E-state index in [4.69, 9.17) is 9.47 Å².